The van der Waals surface area contributed by atoms with E-state index in [-0.39, 0.29) is 11.7 Å². The monoisotopic (exact) mass is 386 g/mol. The molecule has 0 saturated carbocycles. The molecule has 7 heteroatoms. The van der Waals surface area contributed by atoms with E-state index < -0.39 is 0 Å². The number of ether oxygens (including phenoxy) is 2. The van der Waals surface area contributed by atoms with Crippen LogP contribution in [0.2, 0.25) is 0 Å². The first kappa shape index (κ1) is 17.3. The Labute approximate surface area is 160 Å². The van der Waals surface area contributed by atoms with Crippen LogP contribution in [0.25, 0.3) is 0 Å². The Bertz CT molecular complexity index is 886. The smallest absolute Gasteiger partial charge is 0.235 e. The number of nitrogens with zero attached hydrogens (tertiary/aromatic N) is 1. The van der Waals surface area contributed by atoms with Gasteiger partial charge in [-0.3, -0.25) is 4.79 Å². The molecular formula is C19H18N2O3S2. The summed E-state index contributed by atoms with van der Waals surface area (Å²) in [5.41, 5.74) is 1.79. The van der Waals surface area contributed by atoms with Crippen LogP contribution in [0.5, 0.6) is 11.5 Å². The number of hydrogen-bond donors (Lipinski definition) is 1. The average Bonchev–Trinajstić information content (AvgIpc) is 3.03. The third kappa shape index (κ3) is 3.53. The van der Waals surface area contributed by atoms with E-state index in [0.29, 0.717) is 23.8 Å². The Morgan fingerprint density at radius 2 is 2.04 bits per heavy atom. The molecule has 4 rings (SSSR count). The molecule has 0 radical (unpaired) electrons. The number of benzene rings is 1. The first-order chi connectivity index (χ1) is 12.7. The van der Waals surface area contributed by atoms with Gasteiger partial charge in [-0.2, -0.15) is 5.26 Å². The van der Waals surface area contributed by atoms with E-state index in [2.05, 4.69) is 11.4 Å². The summed E-state index contributed by atoms with van der Waals surface area (Å²) in [4.78, 5) is 14.6. The second-order valence-electron chi connectivity index (χ2n) is 6.17. The number of fused-ring (bicyclic) bond motifs is 2. The van der Waals surface area contributed by atoms with Crippen molar-refractivity contribution in [3.8, 4) is 17.6 Å². The van der Waals surface area contributed by atoms with Crippen LogP contribution in [-0.2, 0) is 17.6 Å². The summed E-state index contributed by atoms with van der Waals surface area (Å²) in [7, 11) is 0. The molecule has 0 bridgehead atoms. The molecule has 5 nitrogen and oxygen atoms in total. The molecule has 1 amide bonds. The van der Waals surface area contributed by atoms with Gasteiger partial charge in [0.1, 0.15) is 24.3 Å². The van der Waals surface area contributed by atoms with Gasteiger partial charge >= 0.3 is 0 Å². The zero-order valence-corrected chi connectivity index (χ0v) is 15.8. The molecule has 1 aromatic heterocycles. The van der Waals surface area contributed by atoms with Gasteiger partial charge in [0, 0.05) is 9.77 Å². The summed E-state index contributed by atoms with van der Waals surface area (Å²) in [6.07, 6.45) is 4.23. The molecule has 26 heavy (non-hydrogen) atoms. The van der Waals surface area contributed by atoms with E-state index in [1.165, 1.54) is 16.6 Å². The van der Waals surface area contributed by atoms with E-state index in [4.69, 9.17) is 9.47 Å². The quantitative estimate of drug-likeness (QED) is 0.804. The Hall–Kier alpha value is -2.17. The van der Waals surface area contributed by atoms with Gasteiger partial charge in [-0.1, -0.05) is 0 Å². The van der Waals surface area contributed by atoms with Crippen molar-refractivity contribution >= 4 is 34.0 Å². The number of amides is 1. The van der Waals surface area contributed by atoms with Crippen molar-refractivity contribution in [1.29, 1.82) is 5.26 Å². The third-order valence-corrected chi connectivity index (χ3v) is 6.62. The van der Waals surface area contributed by atoms with Gasteiger partial charge < -0.3 is 14.8 Å². The molecule has 0 spiro atoms. The lowest BCUT2D eigenvalue weighted by Gasteiger charge is -2.18. The summed E-state index contributed by atoms with van der Waals surface area (Å²) in [6.45, 7) is 1.11. The molecule has 2 aromatic rings. The Balaban J connectivity index is 1.40. The van der Waals surface area contributed by atoms with Crippen LogP contribution in [0.1, 0.15) is 28.8 Å². The van der Waals surface area contributed by atoms with Crippen molar-refractivity contribution in [2.45, 2.75) is 30.6 Å². The normalized spacial score (nSPS) is 15.0. The second-order valence-corrected chi connectivity index (χ2v) is 8.32. The zero-order valence-electron chi connectivity index (χ0n) is 14.2. The highest BCUT2D eigenvalue weighted by Crippen LogP contribution is 2.38. The lowest BCUT2D eigenvalue weighted by molar-refractivity contribution is -0.113. The molecule has 134 valence electrons. The topological polar surface area (TPSA) is 71.4 Å². The number of rotatable bonds is 4. The van der Waals surface area contributed by atoms with E-state index in [1.54, 1.807) is 11.3 Å². The average molecular weight is 386 g/mol. The number of nitriles is 1. The van der Waals surface area contributed by atoms with Gasteiger partial charge in [0.2, 0.25) is 5.91 Å². The van der Waals surface area contributed by atoms with Crippen molar-refractivity contribution in [1.82, 2.24) is 0 Å². The SMILES string of the molecule is N#Cc1c(NC(=O)CSc2ccc3c(c2)OCCO3)sc2c1CCCC2. The van der Waals surface area contributed by atoms with E-state index in [9.17, 15) is 10.1 Å². The molecule has 1 N–H and O–H groups in total. The molecule has 0 fully saturated rings. The van der Waals surface area contributed by atoms with Gasteiger partial charge in [0.05, 0.1) is 11.3 Å². The summed E-state index contributed by atoms with van der Waals surface area (Å²) in [6, 6.07) is 7.97. The first-order valence-corrected chi connectivity index (χ1v) is 10.4. The van der Waals surface area contributed by atoms with Crippen molar-refractivity contribution in [2.75, 3.05) is 24.3 Å². The van der Waals surface area contributed by atoms with Gasteiger partial charge in [0.15, 0.2) is 11.5 Å². The zero-order chi connectivity index (χ0) is 17.9. The standard InChI is InChI=1S/C19H18N2O3S2/c20-10-14-13-3-1-2-4-17(13)26-19(14)21-18(22)11-25-12-5-6-15-16(9-12)24-8-7-23-15/h5-6,9H,1-4,7-8,11H2,(H,21,22). The number of thioether (sulfide) groups is 1. The highest BCUT2D eigenvalue weighted by atomic mass is 32.2. The largest absolute Gasteiger partial charge is 0.486 e. The van der Waals surface area contributed by atoms with Gasteiger partial charge in [-0.15, -0.1) is 23.1 Å². The number of carbonyl (C=O) groups is 1. The molecule has 2 heterocycles. The molecule has 1 aromatic carbocycles. The molecule has 1 aliphatic heterocycles. The number of hydrogen-bond acceptors (Lipinski definition) is 6. The highest BCUT2D eigenvalue weighted by molar-refractivity contribution is 8.00. The summed E-state index contributed by atoms with van der Waals surface area (Å²) in [5.74, 6) is 1.65. The fraction of sp³-hybridized carbons (Fsp3) is 0.368. The van der Waals surface area contributed by atoms with E-state index in [1.807, 2.05) is 18.2 Å². The molecular weight excluding hydrogens is 368 g/mol. The second kappa shape index (κ2) is 7.60. The maximum absolute atomic E-state index is 12.4. The third-order valence-electron chi connectivity index (χ3n) is 4.42. The maximum atomic E-state index is 12.4. The first-order valence-electron chi connectivity index (χ1n) is 8.61. The van der Waals surface area contributed by atoms with Gasteiger partial charge in [-0.25, -0.2) is 0 Å². The van der Waals surface area contributed by atoms with Crippen molar-refractivity contribution in [3.05, 3.63) is 34.2 Å². The number of thiophene rings is 1. The Kier molecular flexibility index (Phi) is 5.05. The lowest BCUT2D eigenvalue weighted by Crippen LogP contribution is -2.15. The summed E-state index contributed by atoms with van der Waals surface area (Å²) < 4.78 is 11.1. The molecule has 0 unspecified atom stereocenters. The fourth-order valence-corrected chi connectivity index (χ4v) is 5.18. The van der Waals surface area contributed by atoms with Crippen molar-refractivity contribution < 1.29 is 14.3 Å². The van der Waals surface area contributed by atoms with E-state index >= 15 is 0 Å². The Morgan fingerprint density at radius 3 is 2.88 bits per heavy atom. The fourth-order valence-electron chi connectivity index (χ4n) is 3.20. The van der Waals surface area contributed by atoms with Gasteiger partial charge in [-0.05, 0) is 49.4 Å². The van der Waals surface area contributed by atoms with Crippen LogP contribution in [0.3, 0.4) is 0 Å². The maximum Gasteiger partial charge on any atom is 0.235 e. The van der Waals surface area contributed by atoms with Crippen LogP contribution in [-0.4, -0.2) is 24.9 Å². The van der Waals surface area contributed by atoms with E-state index in [0.717, 1.165) is 47.6 Å². The molecule has 0 saturated heterocycles. The number of carbonyl (C=O) groups excluding carboxylic acids is 1. The summed E-state index contributed by atoms with van der Waals surface area (Å²) in [5, 5.41) is 13.1. The summed E-state index contributed by atoms with van der Waals surface area (Å²) >= 11 is 3.00. The van der Waals surface area contributed by atoms with Crippen LogP contribution in [0, 0.1) is 11.3 Å². The van der Waals surface area contributed by atoms with Gasteiger partial charge in [0.25, 0.3) is 0 Å². The molecule has 2 aliphatic rings. The highest BCUT2D eigenvalue weighted by Gasteiger charge is 2.22. The van der Waals surface area contributed by atoms with Crippen LogP contribution < -0.4 is 14.8 Å². The molecule has 0 atom stereocenters. The number of nitrogens with one attached hydrogen (secondary N) is 1. The van der Waals surface area contributed by atoms with Crippen LogP contribution >= 0.6 is 23.1 Å². The van der Waals surface area contributed by atoms with Crippen LogP contribution in [0.15, 0.2) is 23.1 Å². The van der Waals surface area contributed by atoms with Crippen molar-refractivity contribution in [2.24, 2.45) is 0 Å². The van der Waals surface area contributed by atoms with Crippen molar-refractivity contribution in [3.63, 3.8) is 0 Å². The predicted molar refractivity (Wildman–Crippen MR) is 102 cm³/mol. The molecule has 1 aliphatic carbocycles. The minimum absolute atomic E-state index is 0.0972. The minimum atomic E-state index is -0.0972. The minimum Gasteiger partial charge on any atom is -0.486 e. The number of aryl methyl sites for hydroxylation is 1. The Morgan fingerprint density at radius 1 is 1.23 bits per heavy atom. The predicted octanol–water partition coefficient (Wildman–Crippen LogP) is 4.00. The number of anilines is 1. The lowest BCUT2D eigenvalue weighted by atomic mass is 9.96. The van der Waals surface area contributed by atoms with Crippen LogP contribution in [0.4, 0.5) is 5.00 Å².